The lowest BCUT2D eigenvalue weighted by Crippen LogP contribution is -2.38. The largest absolute Gasteiger partial charge is 0.458 e. The summed E-state index contributed by atoms with van der Waals surface area (Å²) in [7, 11) is 0. The lowest BCUT2D eigenvalue weighted by molar-refractivity contribution is -0.292. The summed E-state index contributed by atoms with van der Waals surface area (Å²) in [4.78, 5) is 0. The third-order valence-electron chi connectivity index (χ3n) is 3.15. The van der Waals surface area contributed by atoms with E-state index in [-0.39, 0.29) is 18.2 Å². The minimum Gasteiger partial charge on any atom is -0.396 e. The highest BCUT2D eigenvalue weighted by molar-refractivity contribution is 5.42. The smallest absolute Gasteiger partial charge is 0.396 e. The Hall–Kier alpha value is -1.52. The summed E-state index contributed by atoms with van der Waals surface area (Å²) in [6.45, 7) is -0.803. The first kappa shape index (κ1) is 20.5. The van der Waals surface area contributed by atoms with Crippen LogP contribution < -0.4 is 0 Å². The van der Waals surface area contributed by atoms with Crippen LogP contribution in [-0.2, 0) is 18.3 Å². The summed E-state index contributed by atoms with van der Waals surface area (Å²) in [5, 5.41) is 8.62. The van der Waals surface area contributed by atoms with Crippen LogP contribution >= 0.6 is 0 Å². The zero-order chi connectivity index (χ0) is 19.0. The van der Waals surface area contributed by atoms with Gasteiger partial charge in [-0.25, -0.2) is 0 Å². The van der Waals surface area contributed by atoms with E-state index >= 15 is 0 Å². The molecule has 0 spiro atoms. The summed E-state index contributed by atoms with van der Waals surface area (Å²) < 4.78 is 129. The highest BCUT2D eigenvalue weighted by Crippen LogP contribution is 2.50. The van der Waals surface area contributed by atoms with E-state index in [2.05, 4.69) is 0 Å². The molecule has 1 aromatic rings. The SMILES string of the molecule is OCCCc1c(C(F)(F)C(F)(F)F)cccc1C(F)(F)C(F)(F)F. The van der Waals surface area contributed by atoms with Crippen molar-refractivity contribution < 1.29 is 49.0 Å². The van der Waals surface area contributed by atoms with Crippen molar-refractivity contribution >= 4 is 0 Å². The van der Waals surface area contributed by atoms with Crippen molar-refractivity contribution in [1.82, 2.24) is 0 Å². The van der Waals surface area contributed by atoms with Gasteiger partial charge in [0.2, 0.25) is 0 Å². The molecular weight excluding hydrogens is 362 g/mol. The summed E-state index contributed by atoms with van der Waals surface area (Å²) in [5.74, 6) is -11.3. The molecule has 0 unspecified atom stereocenters. The van der Waals surface area contributed by atoms with Crippen LogP contribution in [0.3, 0.4) is 0 Å². The lowest BCUT2D eigenvalue weighted by atomic mass is 9.90. The van der Waals surface area contributed by atoms with E-state index in [4.69, 9.17) is 5.11 Å². The van der Waals surface area contributed by atoms with Crippen LogP contribution in [-0.4, -0.2) is 24.1 Å². The minimum atomic E-state index is -6.19. The molecule has 0 aliphatic carbocycles. The van der Waals surface area contributed by atoms with Gasteiger partial charge < -0.3 is 5.11 Å². The van der Waals surface area contributed by atoms with Crippen molar-refractivity contribution in [3.05, 3.63) is 34.9 Å². The Bertz CT molecular complexity index is 529. The van der Waals surface area contributed by atoms with Gasteiger partial charge in [-0.15, -0.1) is 0 Å². The predicted molar refractivity (Wildman–Crippen MR) is 61.7 cm³/mol. The minimum absolute atomic E-state index is 0.135. The van der Waals surface area contributed by atoms with Crippen molar-refractivity contribution in [3.8, 4) is 0 Å². The van der Waals surface area contributed by atoms with Crippen molar-refractivity contribution in [1.29, 1.82) is 0 Å². The van der Waals surface area contributed by atoms with E-state index < -0.39 is 60.3 Å². The number of aliphatic hydroxyl groups is 1. The van der Waals surface area contributed by atoms with Gasteiger partial charge in [0.25, 0.3) is 0 Å². The van der Waals surface area contributed by atoms with Crippen LogP contribution in [0.4, 0.5) is 43.9 Å². The summed E-state index contributed by atoms with van der Waals surface area (Å²) in [5.41, 5.74) is -5.48. The molecule has 138 valence electrons. The number of aliphatic hydroxyl groups excluding tert-OH is 1. The van der Waals surface area contributed by atoms with Gasteiger partial charge in [0, 0.05) is 17.7 Å². The molecule has 0 saturated carbocycles. The van der Waals surface area contributed by atoms with Gasteiger partial charge in [0.15, 0.2) is 0 Å². The average molecular weight is 372 g/mol. The Morgan fingerprint density at radius 1 is 0.708 bits per heavy atom. The third kappa shape index (κ3) is 3.60. The maximum atomic E-state index is 13.5. The zero-order valence-corrected chi connectivity index (χ0v) is 11.6. The van der Waals surface area contributed by atoms with Crippen molar-refractivity contribution in [2.24, 2.45) is 0 Å². The molecule has 0 bridgehead atoms. The molecule has 0 fully saturated rings. The van der Waals surface area contributed by atoms with Crippen LogP contribution in [0.15, 0.2) is 18.2 Å². The zero-order valence-electron chi connectivity index (χ0n) is 11.6. The summed E-state index contributed by atoms with van der Waals surface area (Å²) in [6, 6.07) is 0.540. The monoisotopic (exact) mass is 372 g/mol. The number of hydrogen-bond acceptors (Lipinski definition) is 1. The number of benzene rings is 1. The molecule has 24 heavy (non-hydrogen) atoms. The Morgan fingerprint density at radius 3 is 1.38 bits per heavy atom. The average Bonchev–Trinajstić information content (AvgIpc) is 2.42. The molecule has 0 heterocycles. The van der Waals surface area contributed by atoms with Crippen LogP contribution in [0.5, 0.6) is 0 Å². The van der Waals surface area contributed by atoms with E-state index in [1.165, 1.54) is 0 Å². The highest BCUT2D eigenvalue weighted by atomic mass is 19.4. The van der Waals surface area contributed by atoms with Gasteiger partial charge in [-0.05, 0) is 18.4 Å². The third-order valence-corrected chi connectivity index (χ3v) is 3.15. The predicted octanol–water partition coefficient (Wildman–Crippen LogP) is 4.92. The van der Waals surface area contributed by atoms with Crippen LogP contribution in [0, 0.1) is 0 Å². The molecule has 1 nitrogen and oxygen atoms in total. The molecule has 0 radical (unpaired) electrons. The lowest BCUT2D eigenvalue weighted by Gasteiger charge is -2.27. The van der Waals surface area contributed by atoms with Gasteiger partial charge >= 0.3 is 24.2 Å². The number of halogens is 10. The van der Waals surface area contributed by atoms with Crippen LogP contribution in [0.25, 0.3) is 0 Å². The fraction of sp³-hybridized carbons (Fsp3) is 0.538. The first-order valence-electron chi connectivity index (χ1n) is 6.30. The van der Waals surface area contributed by atoms with Gasteiger partial charge in [-0.2, -0.15) is 43.9 Å². The summed E-state index contributed by atoms with van der Waals surface area (Å²) in [6.07, 6.45) is -14.0. The van der Waals surface area contributed by atoms with Gasteiger partial charge in [-0.1, -0.05) is 18.2 Å². The topological polar surface area (TPSA) is 20.2 Å². The normalized spacial score (nSPS) is 14.1. The standard InChI is InChI=1S/C13H10F10O/c14-10(15,12(18,19)20)8-4-1-5-9(7(8)3-2-6-24)11(16,17)13(21,22)23/h1,4-5,24H,2-3,6H2. The van der Waals surface area contributed by atoms with Gasteiger partial charge in [0.05, 0.1) is 0 Å². The molecule has 0 amide bonds. The summed E-state index contributed by atoms with van der Waals surface area (Å²) >= 11 is 0. The van der Waals surface area contributed by atoms with E-state index in [9.17, 15) is 43.9 Å². The molecular formula is C13H10F10O. The Balaban J connectivity index is 3.68. The first-order valence-corrected chi connectivity index (χ1v) is 6.30. The number of hydrogen-bond donors (Lipinski definition) is 1. The fourth-order valence-electron chi connectivity index (χ4n) is 2.01. The van der Waals surface area contributed by atoms with Crippen LogP contribution in [0.2, 0.25) is 0 Å². The van der Waals surface area contributed by atoms with Gasteiger partial charge in [-0.3, -0.25) is 0 Å². The van der Waals surface area contributed by atoms with Crippen molar-refractivity contribution in [2.75, 3.05) is 6.61 Å². The molecule has 0 saturated heterocycles. The Labute approximate surface area is 128 Å². The second kappa shape index (κ2) is 6.41. The van der Waals surface area contributed by atoms with E-state index in [1.807, 2.05) is 0 Å². The maximum Gasteiger partial charge on any atom is 0.458 e. The number of rotatable bonds is 5. The molecule has 0 aromatic heterocycles. The molecule has 1 rings (SSSR count). The fourth-order valence-corrected chi connectivity index (χ4v) is 2.01. The van der Waals surface area contributed by atoms with Crippen molar-refractivity contribution in [2.45, 2.75) is 37.0 Å². The number of alkyl halides is 10. The molecule has 1 N–H and O–H groups in total. The molecule has 0 aliphatic rings. The van der Waals surface area contributed by atoms with E-state index in [1.54, 1.807) is 0 Å². The first-order chi connectivity index (χ1) is 10.7. The Kier molecular flexibility index (Phi) is 5.48. The van der Waals surface area contributed by atoms with Crippen molar-refractivity contribution in [3.63, 3.8) is 0 Å². The Morgan fingerprint density at radius 2 is 1.08 bits per heavy atom. The second-order valence-electron chi connectivity index (χ2n) is 4.80. The molecule has 0 aliphatic heterocycles. The van der Waals surface area contributed by atoms with Gasteiger partial charge in [0.1, 0.15) is 0 Å². The van der Waals surface area contributed by atoms with E-state index in [0.29, 0.717) is 0 Å². The van der Waals surface area contributed by atoms with E-state index in [0.717, 1.165) is 0 Å². The van der Waals surface area contributed by atoms with Crippen LogP contribution in [0.1, 0.15) is 23.1 Å². The molecule has 0 atom stereocenters. The maximum absolute atomic E-state index is 13.5. The highest BCUT2D eigenvalue weighted by Gasteiger charge is 2.63. The second-order valence-corrected chi connectivity index (χ2v) is 4.80. The molecule has 11 heteroatoms. The molecule has 1 aromatic carbocycles. The quantitative estimate of drug-likeness (QED) is 0.728.